The van der Waals surface area contributed by atoms with E-state index in [4.69, 9.17) is 23.2 Å². The predicted molar refractivity (Wildman–Crippen MR) is 89.9 cm³/mol. The van der Waals surface area contributed by atoms with Crippen molar-refractivity contribution in [3.63, 3.8) is 0 Å². The van der Waals surface area contributed by atoms with E-state index in [0.29, 0.717) is 27.9 Å². The monoisotopic (exact) mass is 324 g/mol. The fourth-order valence-electron chi connectivity index (χ4n) is 1.79. The number of aryl methyl sites for hydroxylation is 1. The molecule has 1 unspecified atom stereocenters. The second-order valence-electron chi connectivity index (χ2n) is 4.95. The minimum atomic E-state index is 0.320. The molecule has 1 atom stereocenters. The lowest BCUT2D eigenvalue weighted by atomic mass is 10.3. The van der Waals surface area contributed by atoms with Crippen LogP contribution in [0.3, 0.4) is 0 Å². The fraction of sp³-hybridized carbons (Fsp3) is 0.333. The number of anilines is 3. The molecule has 1 aromatic heterocycles. The van der Waals surface area contributed by atoms with Gasteiger partial charge in [0.05, 0.1) is 0 Å². The van der Waals surface area contributed by atoms with Crippen molar-refractivity contribution in [3.05, 3.63) is 40.0 Å². The molecule has 1 heterocycles. The molecule has 112 valence electrons. The van der Waals surface area contributed by atoms with Gasteiger partial charge in [-0.15, -0.1) is 0 Å². The lowest BCUT2D eigenvalue weighted by molar-refractivity contribution is 0.752. The van der Waals surface area contributed by atoms with Crippen LogP contribution in [0, 0.1) is 6.92 Å². The maximum atomic E-state index is 6.00. The van der Waals surface area contributed by atoms with Crippen molar-refractivity contribution in [3.8, 4) is 0 Å². The minimum absolute atomic E-state index is 0.320. The molecule has 21 heavy (non-hydrogen) atoms. The van der Waals surface area contributed by atoms with Crippen LogP contribution in [0.1, 0.15) is 26.0 Å². The quantitative estimate of drug-likeness (QED) is 0.808. The van der Waals surface area contributed by atoms with E-state index in [2.05, 4.69) is 34.4 Å². The topological polar surface area (TPSA) is 49.8 Å². The highest BCUT2D eigenvalue weighted by molar-refractivity contribution is 6.35. The number of nitrogens with one attached hydrogen (secondary N) is 2. The van der Waals surface area contributed by atoms with Gasteiger partial charge in [-0.1, -0.05) is 30.1 Å². The summed E-state index contributed by atoms with van der Waals surface area (Å²) in [5.74, 6) is 1.31. The first kappa shape index (κ1) is 15.9. The Labute approximate surface area is 134 Å². The van der Waals surface area contributed by atoms with Gasteiger partial charge in [0.25, 0.3) is 0 Å². The Morgan fingerprint density at radius 1 is 1.10 bits per heavy atom. The summed E-state index contributed by atoms with van der Waals surface area (Å²) in [6, 6.07) is 7.48. The molecule has 6 heteroatoms. The molecule has 0 aliphatic heterocycles. The number of halogens is 2. The Balaban J connectivity index is 2.23. The van der Waals surface area contributed by atoms with Crippen molar-refractivity contribution in [1.29, 1.82) is 0 Å². The zero-order valence-electron chi connectivity index (χ0n) is 12.2. The molecule has 0 fully saturated rings. The summed E-state index contributed by atoms with van der Waals surface area (Å²) in [6.45, 7) is 6.13. The third kappa shape index (κ3) is 4.76. The van der Waals surface area contributed by atoms with E-state index in [1.165, 1.54) is 0 Å². The van der Waals surface area contributed by atoms with Crippen LogP contribution in [0.4, 0.5) is 17.5 Å². The molecule has 0 spiro atoms. The normalized spacial score (nSPS) is 12.0. The Morgan fingerprint density at radius 2 is 1.76 bits per heavy atom. The highest BCUT2D eigenvalue weighted by Crippen LogP contribution is 2.25. The van der Waals surface area contributed by atoms with Crippen molar-refractivity contribution in [2.75, 3.05) is 10.6 Å². The van der Waals surface area contributed by atoms with Crippen LogP contribution in [-0.4, -0.2) is 16.0 Å². The van der Waals surface area contributed by atoms with Gasteiger partial charge in [-0.25, -0.2) is 4.98 Å². The molecule has 0 aliphatic rings. The lowest BCUT2D eigenvalue weighted by Crippen LogP contribution is -2.16. The number of benzene rings is 1. The first-order chi connectivity index (χ1) is 9.96. The predicted octanol–water partition coefficient (Wildman–Crippen LogP) is 5.05. The van der Waals surface area contributed by atoms with Gasteiger partial charge in [0.2, 0.25) is 5.95 Å². The van der Waals surface area contributed by atoms with E-state index in [9.17, 15) is 0 Å². The smallest absolute Gasteiger partial charge is 0.225 e. The largest absolute Gasteiger partial charge is 0.352 e. The van der Waals surface area contributed by atoms with E-state index >= 15 is 0 Å². The van der Waals surface area contributed by atoms with Gasteiger partial charge in [0, 0.05) is 33.5 Å². The average molecular weight is 325 g/mol. The van der Waals surface area contributed by atoms with Crippen molar-refractivity contribution >= 4 is 40.7 Å². The van der Waals surface area contributed by atoms with Gasteiger partial charge in [-0.2, -0.15) is 4.98 Å². The van der Waals surface area contributed by atoms with Crippen molar-refractivity contribution < 1.29 is 0 Å². The van der Waals surface area contributed by atoms with Crippen molar-refractivity contribution in [2.45, 2.75) is 33.2 Å². The van der Waals surface area contributed by atoms with Crippen LogP contribution >= 0.6 is 23.2 Å². The highest BCUT2D eigenvalue weighted by atomic mass is 35.5. The molecule has 2 rings (SSSR count). The number of rotatable bonds is 5. The lowest BCUT2D eigenvalue weighted by Gasteiger charge is -2.13. The molecule has 0 radical (unpaired) electrons. The van der Waals surface area contributed by atoms with Crippen LogP contribution in [0.5, 0.6) is 0 Å². The first-order valence-corrected chi connectivity index (χ1v) is 7.57. The highest BCUT2D eigenvalue weighted by Gasteiger charge is 2.06. The van der Waals surface area contributed by atoms with Gasteiger partial charge in [0.15, 0.2) is 0 Å². The van der Waals surface area contributed by atoms with E-state index < -0.39 is 0 Å². The fourth-order valence-corrected chi connectivity index (χ4v) is 2.32. The summed E-state index contributed by atoms with van der Waals surface area (Å²) in [6.07, 6.45) is 1.00. The molecule has 1 aromatic carbocycles. The summed E-state index contributed by atoms with van der Waals surface area (Å²) in [5, 5.41) is 7.62. The van der Waals surface area contributed by atoms with Crippen molar-refractivity contribution in [2.24, 2.45) is 0 Å². The number of nitrogens with zero attached hydrogens (tertiary/aromatic N) is 2. The van der Waals surface area contributed by atoms with Gasteiger partial charge in [-0.05, 0) is 38.5 Å². The number of hydrogen-bond acceptors (Lipinski definition) is 4. The van der Waals surface area contributed by atoms with Crippen LogP contribution in [0.2, 0.25) is 10.0 Å². The Hall–Kier alpha value is -1.52. The third-order valence-electron chi connectivity index (χ3n) is 2.98. The van der Waals surface area contributed by atoms with Crippen LogP contribution in [-0.2, 0) is 0 Å². The molecule has 2 N–H and O–H groups in total. The van der Waals surface area contributed by atoms with Crippen molar-refractivity contribution in [1.82, 2.24) is 9.97 Å². The molecule has 0 aliphatic carbocycles. The second-order valence-corrected chi connectivity index (χ2v) is 5.83. The van der Waals surface area contributed by atoms with E-state index in [1.54, 1.807) is 18.2 Å². The van der Waals surface area contributed by atoms with Gasteiger partial charge in [0.1, 0.15) is 5.82 Å². The molecular formula is C15H18Cl2N4. The molecule has 0 bridgehead atoms. The molecule has 2 aromatic rings. The number of hydrogen-bond donors (Lipinski definition) is 2. The SMILES string of the molecule is CCC(C)Nc1nc(C)cc(Nc2cc(Cl)cc(Cl)c2)n1. The minimum Gasteiger partial charge on any atom is -0.352 e. The summed E-state index contributed by atoms with van der Waals surface area (Å²) in [4.78, 5) is 8.84. The number of aromatic nitrogens is 2. The van der Waals surface area contributed by atoms with Crippen LogP contribution in [0.15, 0.2) is 24.3 Å². The van der Waals surface area contributed by atoms with Crippen LogP contribution < -0.4 is 10.6 Å². The Kier molecular flexibility index (Phi) is 5.26. The first-order valence-electron chi connectivity index (χ1n) is 6.81. The maximum Gasteiger partial charge on any atom is 0.225 e. The summed E-state index contributed by atoms with van der Waals surface area (Å²) in [5.41, 5.74) is 1.67. The zero-order chi connectivity index (χ0) is 15.4. The molecule has 4 nitrogen and oxygen atoms in total. The van der Waals surface area contributed by atoms with Gasteiger partial charge in [-0.3, -0.25) is 0 Å². The zero-order valence-corrected chi connectivity index (χ0v) is 13.8. The van der Waals surface area contributed by atoms with Crippen LogP contribution in [0.25, 0.3) is 0 Å². The van der Waals surface area contributed by atoms with E-state index in [-0.39, 0.29) is 0 Å². The standard InChI is InChI=1S/C15H18Cl2N4/c1-4-9(2)18-15-19-10(3)5-14(21-15)20-13-7-11(16)6-12(17)8-13/h5-9H,4H2,1-3H3,(H2,18,19,20,21). The molecule has 0 saturated carbocycles. The molecular weight excluding hydrogens is 307 g/mol. The van der Waals surface area contributed by atoms with Gasteiger partial charge < -0.3 is 10.6 Å². The summed E-state index contributed by atoms with van der Waals surface area (Å²) >= 11 is 12.0. The third-order valence-corrected chi connectivity index (χ3v) is 3.41. The van der Waals surface area contributed by atoms with E-state index in [0.717, 1.165) is 17.8 Å². The Bertz CT molecular complexity index is 611. The molecule has 0 saturated heterocycles. The van der Waals surface area contributed by atoms with Gasteiger partial charge >= 0.3 is 0 Å². The van der Waals surface area contributed by atoms with E-state index in [1.807, 2.05) is 13.0 Å². The maximum absolute atomic E-state index is 6.00. The summed E-state index contributed by atoms with van der Waals surface area (Å²) < 4.78 is 0. The average Bonchev–Trinajstić information content (AvgIpc) is 2.36. The molecule has 0 amide bonds. The summed E-state index contributed by atoms with van der Waals surface area (Å²) in [7, 11) is 0. The second kappa shape index (κ2) is 6.96. The Morgan fingerprint density at radius 3 is 2.38 bits per heavy atom.